The number of carbonyl (C=O) groups excluding carboxylic acids is 1. The minimum Gasteiger partial charge on any atom is -0.481 e. The van der Waals surface area contributed by atoms with Gasteiger partial charge in [0, 0.05) is 18.1 Å². The van der Waals surface area contributed by atoms with Crippen molar-refractivity contribution in [1.29, 1.82) is 0 Å². The van der Waals surface area contributed by atoms with Crippen molar-refractivity contribution in [3.63, 3.8) is 0 Å². The average Bonchev–Trinajstić information content (AvgIpc) is 2.78. The van der Waals surface area contributed by atoms with E-state index in [-0.39, 0.29) is 5.91 Å². The van der Waals surface area contributed by atoms with Gasteiger partial charge in [0.1, 0.15) is 5.75 Å². The lowest BCUT2D eigenvalue weighted by Gasteiger charge is -2.21. The smallest absolute Gasteiger partial charge is 0.263 e. The Morgan fingerprint density at radius 2 is 2.17 bits per heavy atom. The summed E-state index contributed by atoms with van der Waals surface area (Å²) in [7, 11) is 0. The Labute approximate surface area is 111 Å². The topological polar surface area (TPSA) is 49.8 Å². The summed E-state index contributed by atoms with van der Waals surface area (Å²) < 4.78 is 5.55. The maximum absolute atomic E-state index is 12.0. The molecule has 2 atom stereocenters. The van der Waals surface area contributed by atoms with E-state index in [1.807, 2.05) is 0 Å². The number of aliphatic hydroxyl groups is 1. The van der Waals surface area contributed by atoms with Crippen molar-refractivity contribution >= 4 is 17.5 Å². The molecule has 1 fully saturated rings. The molecule has 1 aliphatic heterocycles. The lowest BCUT2D eigenvalue weighted by Crippen LogP contribution is -2.39. The molecule has 5 heteroatoms. The summed E-state index contributed by atoms with van der Waals surface area (Å²) in [4.78, 5) is 13.7. The summed E-state index contributed by atoms with van der Waals surface area (Å²) >= 11 is 5.77. The van der Waals surface area contributed by atoms with Crippen LogP contribution in [0.2, 0.25) is 5.02 Å². The Morgan fingerprint density at radius 1 is 1.50 bits per heavy atom. The Kier molecular flexibility index (Phi) is 4.09. The quantitative estimate of drug-likeness (QED) is 0.909. The van der Waals surface area contributed by atoms with Crippen molar-refractivity contribution in [2.24, 2.45) is 0 Å². The van der Waals surface area contributed by atoms with Gasteiger partial charge in [0.15, 0.2) is 6.10 Å². The Bertz CT molecular complexity index is 421. The van der Waals surface area contributed by atoms with Gasteiger partial charge in [-0.3, -0.25) is 4.79 Å². The highest BCUT2D eigenvalue weighted by Gasteiger charge is 2.28. The molecule has 1 aromatic rings. The van der Waals surface area contributed by atoms with E-state index < -0.39 is 12.2 Å². The van der Waals surface area contributed by atoms with Gasteiger partial charge < -0.3 is 14.7 Å². The average molecular weight is 270 g/mol. The Morgan fingerprint density at radius 3 is 2.72 bits per heavy atom. The number of carbonyl (C=O) groups is 1. The number of hydrogen-bond donors (Lipinski definition) is 1. The molecule has 1 aliphatic rings. The molecule has 1 aromatic carbocycles. The molecule has 0 radical (unpaired) electrons. The van der Waals surface area contributed by atoms with Crippen LogP contribution in [0.4, 0.5) is 0 Å². The normalized spacial score (nSPS) is 20.8. The van der Waals surface area contributed by atoms with E-state index in [0.29, 0.717) is 30.3 Å². The van der Waals surface area contributed by atoms with E-state index in [1.54, 1.807) is 36.1 Å². The van der Waals surface area contributed by atoms with E-state index >= 15 is 0 Å². The minimum absolute atomic E-state index is 0.0958. The van der Waals surface area contributed by atoms with Gasteiger partial charge >= 0.3 is 0 Å². The number of aliphatic hydroxyl groups excluding tert-OH is 1. The second-order valence-electron chi connectivity index (χ2n) is 4.44. The van der Waals surface area contributed by atoms with Crippen molar-refractivity contribution in [1.82, 2.24) is 4.90 Å². The minimum atomic E-state index is -0.559. The van der Waals surface area contributed by atoms with Crippen LogP contribution < -0.4 is 4.74 Å². The maximum atomic E-state index is 12.0. The first-order chi connectivity index (χ1) is 8.56. The molecule has 98 valence electrons. The number of β-amino-alcohol motifs (C(OH)–C–C–N with tert-alkyl or cyclic N) is 1. The van der Waals surface area contributed by atoms with E-state index in [0.717, 1.165) is 0 Å². The van der Waals surface area contributed by atoms with Crippen LogP contribution >= 0.6 is 11.6 Å². The predicted molar refractivity (Wildman–Crippen MR) is 68.7 cm³/mol. The van der Waals surface area contributed by atoms with Crippen LogP contribution in [0.15, 0.2) is 24.3 Å². The summed E-state index contributed by atoms with van der Waals surface area (Å²) in [5, 5.41) is 10.0. The first-order valence-corrected chi connectivity index (χ1v) is 6.33. The van der Waals surface area contributed by atoms with E-state index in [1.165, 1.54) is 0 Å². The Hall–Kier alpha value is -1.26. The van der Waals surface area contributed by atoms with Gasteiger partial charge in [-0.15, -0.1) is 0 Å². The molecule has 0 aromatic heterocycles. The second kappa shape index (κ2) is 5.59. The number of rotatable bonds is 3. The molecular formula is C13H16ClNO3. The summed E-state index contributed by atoms with van der Waals surface area (Å²) in [6.45, 7) is 2.70. The van der Waals surface area contributed by atoms with Crippen LogP contribution in [-0.4, -0.2) is 41.2 Å². The summed E-state index contributed by atoms with van der Waals surface area (Å²) in [6.07, 6.45) is -0.326. The molecule has 1 N–H and O–H groups in total. The number of nitrogens with zero attached hydrogens (tertiary/aromatic N) is 1. The highest BCUT2D eigenvalue weighted by molar-refractivity contribution is 6.30. The van der Waals surface area contributed by atoms with Crippen molar-refractivity contribution in [3.8, 4) is 5.75 Å². The zero-order valence-electron chi connectivity index (χ0n) is 10.2. The van der Waals surface area contributed by atoms with Crippen molar-refractivity contribution in [3.05, 3.63) is 29.3 Å². The van der Waals surface area contributed by atoms with Crippen LogP contribution in [0.3, 0.4) is 0 Å². The fourth-order valence-corrected chi connectivity index (χ4v) is 2.09. The fraction of sp³-hybridized carbons (Fsp3) is 0.462. The second-order valence-corrected chi connectivity index (χ2v) is 4.88. The third-order valence-corrected chi connectivity index (χ3v) is 3.20. The van der Waals surface area contributed by atoms with Crippen LogP contribution in [0.25, 0.3) is 0 Å². The number of benzene rings is 1. The molecule has 2 rings (SSSR count). The number of ether oxygens (including phenoxy) is 1. The molecule has 0 bridgehead atoms. The maximum Gasteiger partial charge on any atom is 0.263 e. The van der Waals surface area contributed by atoms with E-state index in [9.17, 15) is 9.90 Å². The molecule has 1 heterocycles. The number of amides is 1. The van der Waals surface area contributed by atoms with Crippen LogP contribution in [0, 0.1) is 0 Å². The summed E-state index contributed by atoms with van der Waals surface area (Å²) in [5.74, 6) is 0.515. The molecule has 4 nitrogen and oxygen atoms in total. The fourth-order valence-electron chi connectivity index (χ4n) is 1.97. The van der Waals surface area contributed by atoms with Crippen molar-refractivity contribution < 1.29 is 14.6 Å². The van der Waals surface area contributed by atoms with Gasteiger partial charge in [0.25, 0.3) is 5.91 Å². The molecule has 1 amide bonds. The SMILES string of the molecule is CC(Oc1ccc(Cl)cc1)C(=O)N1CC[C@H](O)C1. The van der Waals surface area contributed by atoms with E-state index in [2.05, 4.69) is 0 Å². The zero-order valence-corrected chi connectivity index (χ0v) is 10.9. The Balaban J connectivity index is 1.93. The van der Waals surface area contributed by atoms with Crippen molar-refractivity contribution in [2.45, 2.75) is 25.6 Å². The van der Waals surface area contributed by atoms with Gasteiger partial charge in [0.2, 0.25) is 0 Å². The molecular weight excluding hydrogens is 254 g/mol. The third kappa shape index (κ3) is 3.15. The van der Waals surface area contributed by atoms with Gasteiger partial charge in [-0.2, -0.15) is 0 Å². The van der Waals surface area contributed by atoms with Crippen LogP contribution in [0.1, 0.15) is 13.3 Å². The van der Waals surface area contributed by atoms with Gasteiger partial charge in [-0.1, -0.05) is 11.6 Å². The molecule has 1 unspecified atom stereocenters. The lowest BCUT2D eigenvalue weighted by atomic mass is 10.3. The zero-order chi connectivity index (χ0) is 13.1. The van der Waals surface area contributed by atoms with Crippen LogP contribution in [-0.2, 0) is 4.79 Å². The highest BCUT2D eigenvalue weighted by atomic mass is 35.5. The van der Waals surface area contributed by atoms with Crippen molar-refractivity contribution in [2.75, 3.05) is 13.1 Å². The molecule has 0 spiro atoms. The number of hydrogen-bond acceptors (Lipinski definition) is 3. The number of halogens is 1. The molecule has 18 heavy (non-hydrogen) atoms. The first-order valence-electron chi connectivity index (χ1n) is 5.95. The van der Waals surface area contributed by atoms with Gasteiger partial charge in [0.05, 0.1) is 6.10 Å². The third-order valence-electron chi connectivity index (χ3n) is 2.95. The highest BCUT2D eigenvalue weighted by Crippen LogP contribution is 2.18. The molecule has 0 saturated carbocycles. The predicted octanol–water partition coefficient (Wildman–Crippen LogP) is 1.70. The summed E-state index contributed by atoms with van der Waals surface area (Å²) in [6, 6.07) is 6.89. The summed E-state index contributed by atoms with van der Waals surface area (Å²) in [5.41, 5.74) is 0. The number of likely N-dealkylation sites (tertiary alicyclic amines) is 1. The molecule has 1 saturated heterocycles. The van der Waals surface area contributed by atoms with Crippen LogP contribution in [0.5, 0.6) is 5.75 Å². The lowest BCUT2D eigenvalue weighted by molar-refractivity contribution is -0.137. The molecule has 0 aliphatic carbocycles. The standard InChI is InChI=1S/C13H16ClNO3/c1-9(13(17)15-7-6-11(16)8-15)18-12-4-2-10(14)3-5-12/h2-5,9,11,16H,6-8H2,1H3/t9?,11-/m0/s1. The first kappa shape index (κ1) is 13.2. The largest absolute Gasteiger partial charge is 0.481 e. The van der Waals surface area contributed by atoms with E-state index in [4.69, 9.17) is 16.3 Å². The van der Waals surface area contributed by atoms with Gasteiger partial charge in [-0.25, -0.2) is 0 Å². The monoisotopic (exact) mass is 269 g/mol. The van der Waals surface area contributed by atoms with Gasteiger partial charge in [-0.05, 0) is 37.6 Å².